The smallest absolute Gasteiger partial charge is 0.316 e. The van der Waals surface area contributed by atoms with Gasteiger partial charge in [-0.25, -0.2) is 4.79 Å². The number of amides is 2. The van der Waals surface area contributed by atoms with Gasteiger partial charge in [0.25, 0.3) is 0 Å². The quantitative estimate of drug-likeness (QED) is 0.766. The summed E-state index contributed by atoms with van der Waals surface area (Å²) in [5.74, 6) is 0. The monoisotopic (exact) mass is 323 g/mol. The van der Waals surface area contributed by atoms with Gasteiger partial charge in [-0.3, -0.25) is 0 Å². The van der Waals surface area contributed by atoms with Gasteiger partial charge < -0.3 is 16.4 Å². The first kappa shape index (κ1) is 15.5. The minimum absolute atomic E-state index is 0.00819. The summed E-state index contributed by atoms with van der Waals surface area (Å²) in [6.45, 7) is 1.99. The first-order chi connectivity index (χ1) is 9.97. The standard InChI is InChI=1S/C15H15Cl2N3O/c1-9(12-3-2-4-13(16)14(12)17)19-10-5-7-11(8-6-10)20-15(18)21/h2-9,19H,1H3,(H3,18,20,21). The maximum Gasteiger partial charge on any atom is 0.316 e. The molecule has 6 heteroatoms. The van der Waals surface area contributed by atoms with Crippen molar-refractivity contribution in [3.05, 3.63) is 58.1 Å². The molecule has 2 aromatic rings. The number of halogens is 2. The van der Waals surface area contributed by atoms with Crippen LogP contribution in [0.5, 0.6) is 0 Å². The maximum absolute atomic E-state index is 10.8. The second kappa shape index (κ2) is 6.70. The third kappa shape index (κ3) is 4.03. The minimum Gasteiger partial charge on any atom is -0.378 e. The topological polar surface area (TPSA) is 67.2 Å². The van der Waals surface area contributed by atoms with Gasteiger partial charge in [0, 0.05) is 11.4 Å². The minimum atomic E-state index is -0.588. The van der Waals surface area contributed by atoms with Crippen molar-refractivity contribution in [2.75, 3.05) is 10.6 Å². The van der Waals surface area contributed by atoms with Crippen molar-refractivity contribution in [3.8, 4) is 0 Å². The number of urea groups is 1. The zero-order valence-electron chi connectivity index (χ0n) is 11.4. The Morgan fingerprint density at radius 3 is 2.33 bits per heavy atom. The average molecular weight is 324 g/mol. The fourth-order valence-electron chi connectivity index (χ4n) is 1.97. The molecule has 0 saturated carbocycles. The number of hydrogen-bond acceptors (Lipinski definition) is 2. The number of hydrogen-bond donors (Lipinski definition) is 3. The van der Waals surface area contributed by atoms with Gasteiger partial charge in [0.2, 0.25) is 0 Å². The SMILES string of the molecule is CC(Nc1ccc(NC(N)=O)cc1)c1cccc(Cl)c1Cl. The van der Waals surface area contributed by atoms with E-state index in [4.69, 9.17) is 28.9 Å². The molecule has 110 valence electrons. The summed E-state index contributed by atoms with van der Waals surface area (Å²) >= 11 is 12.2. The summed E-state index contributed by atoms with van der Waals surface area (Å²) < 4.78 is 0. The molecule has 0 aliphatic heterocycles. The Hall–Kier alpha value is -1.91. The highest BCUT2D eigenvalue weighted by Crippen LogP contribution is 2.31. The second-order valence-corrected chi connectivity index (χ2v) is 5.36. The van der Waals surface area contributed by atoms with E-state index in [9.17, 15) is 4.79 Å². The summed E-state index contributed by atoms with van der Waals surface area (Å²) in [4.78, 5) is 10.8. The van der Waals surface area contributed by atoms with E-state index in [2.05, 4.69) is 10.6 Å². The fourth-order valence-corrected chi connectivity index (χ4v) is 2.45. The lowest BCUT2D eigenvalue weighted by molar-refractivity contribution is 0.259. The van der Waals surface area contributed by atoms with E-state index in [1.807, 2.05) is 31.2 Å². The molecule has 1 unspecified atom stereocenters. The van der Waals surface area contributed by atoms with Crippen molar-refractivity contribution >= 4 is 40.6 Å². The number of rotatable bonds is 4. The molecule has 2 rings (SSSR count). The van der Waals surface area contributed by atoms with Crippen LogP contribution in [0, 0.1) is 0 Å². The molecule has 0 aromatic heterocycles. The highest BCUT2D eigenvalue weighted by Gasteiger charge is 2.11. The number of benzene rings is 2. The Labute approximate surface area is 133 Å². The van der Waals surface area contributed by atoms with Crippen molar-refractivity contribution in [3.63, 3.8) is 0 Å². The predicted molar refractivity (Wildman–Crippen MR) is 88.1 cm³/mol. The molecule has 0 bridgehead atoms. The Balaban J connectivity index is 2.10. The Kier molecular flexibility index (Phi) is 4.94. The molecular weight excluding hydrogens is 309 g/mol. The molecule has 4 N–H and O–H groups in total. The normalized spacial score (nSPS) is 11.8. The van der Waals surface area contributed by atoms with Crippen molar-refractivity contribution in [1.29, 1.82) is 0 Å². The van der Waals surface area contributed by atoms with Crippen LogP contribution in [0.15, 0.2) is 42.5 Å². The number of nitrogens with one attached hydrogen (secondary N) is 2. The lowest BCUT2D eigenvalue weighted by atomic mass is 10.1. The Morgan fingerprint density at radius 2 is 1.71 bits per heavy atom. The zero-order chi connectivity index (χ0) is 15.4. The molecule has 0 radical (unpaired) electrons. The number of carbonyl (C=O) groups is 1. The predicted octanol–water partition coefficient (Wildman–Crippen LogP) is 4.66. The second-order valence-electron chi connectivity index (χ2n) is 4.58. The van der Waals surface area contributed by atoms with Gasteiger partial charge in [0.05, 0.1) is 16.1 Å². The van der Waals surface area contributed by atoms with Gasteiger partial charge in [-0.2, -0.15) is 0 Å². The molecule has 0 aliphatic rings. The lowest BCUT2D eigenvalue weighted by Gasteiger charge is -2.18. The number of carbonyl (C=O) groups excluding carboxylic acids is 1. The number of primary amides is 1. The van der Waals surface area contributed by atoms with E-state index in [1.54, 1.807) is 18.2 Å². The maximum atomic E-state index is 10.8. The molecule has 2 aromatic carbocycles. The Bertz CT molecular complexity index is 644. The van der Waals surface area contributed by atoms with Crippen LogP contribution in [0.2, 0.25) is 10.0 Å². The summed E-state index contributed by atoms with van der Waals surface area (Å²) in [7, 11) is 0. The molecule has 0 aliphatic carbocycles. The summed E-state index contributed by atoms with van der Waals surface area (Å²) in [6.07, 6.45) is 0. The highest BCUT2D eigenvalue weighted by atomic mass is 35.5. The molecule has 0 saturated heterocycles. The summed E-state index contributed by atoms with van der Waals surface area (Å²) in [6, 6.07) is 12.2. The first-order valence-corrected chi connectivity index (χ1v) is 7.10. The van der Waals surface area contributed by atoms with Crippen molar-refractivity contribution in [1.82, 2.24) is 0 Å². The lowest BCUT2D eigenvalue weighted by Crippen LogP contribution is -2.19. The number of nitrogens with two attached hydrogens (primary N) is 1. The van der Waals surface area contributed by atoms with Crippen LogP contribution in [-0.4, -0.2) is 6.03 Å². The molecule has 4 nitrogen and oxygen atoms in total. The molecule has 2 amide bonds. The van der Waals surface area contributed by atoms with Crippen LogP contribution in [0.1, 0.15) is 18.5 Å². The van der Waals surface area contributed by atoms with Crippen molar-refractivity contribution in [2.45, 2.75) is 13.0 Å². The molecular formula is C15H15Cl2N3O. The van der Waals surface area contributed by atoms with Gasteiger partial charge in [-0.1, -0.05) is 35.3 Å². The Morgan fingerprint density at radius 1 is 1.10 bits per heavy atom. The molecule has 0 fully saturated rings. The van der Waals surface area contributed by atoms with Gasteiger partial charge in [-0.15, -0.1) is 0 Å². The molecule has 21 heavy (non-hydrogen) atoms. The average Bonchev–Trinajstić information content (AvgIpc) is 2.43. The van der Waals surface area contributed by atoms with Gasteiger partial charge in [-0.05, 0) is 42.8 Å². The molecule has 1 atom stereocenters. The fraction of sp³-hybridized carbons (Fsp3) is 0.133. The van der Waals surface area contributed by atoms with Crippen LogP contribution in [-0.2, 0) is 0 Å². The summed E-state index contributed by atoms with van der Waals surface area (Å²) in [5.41, 5.74) is 7.51. The summed E-state index contributed by atoms with van der Waals surface area (Å²) in [5, 5.41) is 6.90. The van der Waals surface area contributed by atoms with Gasteiger partial charge >= 0.3 is 6.03 Å². The van der Waals surface area contributed by atoms with E-state index in [1.165, 1.54) is 0 Å². The van der Waals surface area contributed by atoms with E-state index >= 15 is 0 Å². The highest BCUT2D eigenvalue weighted by molar-refractivity contribution is 6.42. The van der Waals surface area contributed by atoms with Crippen LogP contribution in [0.4, 0.5) is 16.2 Å². The van der Waals surface area contributed by atoms with Crippen molar-refractivity contribution < 1.29 is 4.79 Å². The van der Waals surface area contributed by atoms with Gasteiger partial charge in [0.15, 0.2) is 0 Å². The molecule has 0 spiro atoms. The van der Waals surface area contributed by atoms with Crippen LogP contribution < -0.4 is 16.4 Å². The van der Waals surface area contributed by atoms with Crippen molar-refractivity contribution in [2.24, 2.45) is 5.73 Å². The largest absolute Gasteiger partial charge is 0.378 e. The molecule has 0 heterocycles. The van der Waals surface area contributed by atoms with Crippen LogP contribution >= 0.6 is 23.2 Å². The van der Waals surface area contributed by atoms with Gasteiger partial charge in [0.1, 0.15) is 0 Å². The first-order valence-electron chi connectivity index (χ1n) is 6.34. The third-order valence-corrected chi connectivity index (χ3v) is 3.82. The van der Waals surface area contributed by atoms with E-state index in [0.717, 1.165) is 11.3 Å². The number of anilines is 2. The van der Waals surface area contributed by atoms with E-state index in [0.29, 0.717) is 15.7 Å². The van der Waals surface area contributed by atoms with Crippen LogP contribution in [0.3, 0.4) is 0 Å². The van der Waals surface area contributed by atoms with Crippen LogP contribution in [0.25, 0.3) is 0 Å². The van der Waals surface area contributed by atoms with E-state index < -0.39 is 6.03 Å². The third-order valence-electron chi connectivity index (χ3n) is 2.98. The zero-order valence-corrected chi connectivity index (χ0v) is 12.9. The van der Waals surface area contributed by atoms with E-state index in [-0.39, 0.29) is 6.04 Å².